The molecule has 1 aliphatic heterocycles. The molecule has 2 aromatic rings. The number of nitrogens with zero attached hydrogens (tertiary/aromatic N) is 1. The molecule has 1 aromatic heterocycles. The van der Waals surface area contributed by atoms with E-state index in [1.807, 2.05) is 0 Å². The number of hydrogen-bond donors (Lipinski definition) is 5. The molecule has 2 heterocycles. The van der Waals surface area contributed by atoms with Crippen LogP contribution in [-0.2, 0) is 11.2 Å². The van der Waals surface area contributed by atoms with Gasteiger partial charge in [0, 0.05) is 18.0 Å². The molecule has 0 aliphatic carbocycles. The number of phenolic OH excluding ortho intramolecular Hbond substituents is 1. The molecule has 0 spiro atoms. The number of aromatic nitrogens is 1. The molecule has 1 aromatic carbocycles. The fraction of sp³-hybridized carbons (Fsp3) is 0.368. The second kappa shape index (κ2) is 8.63. The van der Waals surface area contributed by atoms with Crippen LogP contribution in [0.5, 0.6) is 11.5 Å². The molecule has 0 radical (unpaired) electrons. The molecule has 9 nitrogen and oxygen atoms in total. The lowest BCUT2D eigenvalue weighted by molar-refractivity contribution is -0.277. The number of hydrogen-bond acceptors (Lipinski definition) is 9. The Hall–Kier alpha value is -2.56. The van der Waals surface area contributed by atoms with Crippen LogP contribution in [0.2, 0.25) is 0 Å². The zero-order valence-electron chi connectivity index (χ0n) is 14.8. The molecule has 1 aliphatic rings. The minimum atomic E-state index is -1.58. The van der Waals surface area contributed by atoms with Crippen molar-refractivity contribution in [2.24, 2.45) is 0 Å². The highest BCUT2D eigenvalue weighted by Gasteiger charge is 2.44. The predicted octanol–water partition coefficient (Wildman–Crippen LogP) is -0.609. The first-order valence-corrected chi connectivity index (χ1v) is 8.64. The SMILES string of the molecule is O=C(Cc1ccccn1)c1ccc(O[C@H]2O[C@@H](CO)[C@@H](O)[C@@H](O)[C@@H]2O)cc1O. The maximum Gasteiger partial charge on any atom is 0.229 e. The molecule has 9 heteroatoms. The van der Waals surface area contributed by atoms with E-state index in [2.05, 4.69) is 4.98 Å². The van der Waals surface area contributed by atoms with Crippen LogP contribution in [0, 0.1) is 0 Å². The zero-order valence-corrected chi connectivity index (χ0v) is 14.8. The van der Waals surface area contributed by atoms with Crippen LogP contribution in [-0.4, -0.2) is 73.6 Å². The van der Waals surface area contributed by atoms with Crippen LogP contribution in [0.3, 0.4) is 0 Å². The fourth-order valence-electron chi connectivity index (χ4n) is 2.88. The first kappa shape index (κ1) is 20.2. The largest absolute Gasteiger partial charge is 0.507 e. The average Bonchev–Trinajstić information content (AvgIpc) is 2.69. The third-order valence-electron chi connectivity index (χ3n) is 4.44. The lowest BCUT2D eigenvalue weighted by atomic mass is 9.99. The van der Waals surface area contributed by atoms with E-state index in [-0.39, 0.29) is 29.3 Å². The summed E-state index contributed by atoms with van der Waals surface area (Å²) in [5.74, 6) is -0.602. The Balaban J connectivity index is 1.71. The fourth-order valence-corrected chi connectivity index (χ4v) is 2.88. The van der Waals surface area contributed by atoms with Crippen molar-refractivity contribution < 1.29 is 39.8 Å². The second-order valence-corrected chi connectivity index (χ2v) is 6.42. The van der Waals surface area contributed by atoms with E-state index >= 15 is 0 Å². The van der Waals surface area contributed by atoms with Gasteiger partial charge in [0.05, 0.1) is 18.6 Å². The number of phenols is 1. The van der Waals surface area contributed by atoms with Gasteiger partial charge in [-0.05, 0) is 24.3 Å². The summed E-state index contributed by atoms with van der Waals surface area (Å²) in [5.41, 5.74) is 0.639. The molecule has 0 amide bonds. The average molecular weight is 391 g/mol. The minimum Gasteiger partial charge on any atom is -0.507 e. The van der Waals surface area contributed by atoms with Crippen molar-refractivity contribution in [2.75, 3.05) is 6.61 Å². The molecule has 1 fully saturated rings. The summed E-state index contributed by atoms with van der Waals surface area (Å²) >= 11 is 0. The van der Waals surface area contributed by atoms with Crippen molar-refractivity contribution in [2.45, 2.75) is 37.1 Å². The topological polar surface area (TPSA) is 150 Å². The highest BCUT2D eigenvalue weighted by atomic mass is 16.7. The normalized spacial score (nSPS) is 27.4. The number of carbonyl (C=O) groups excluding carboxylic acids is 1. The summed E-state index contributed by atoms with van der Waals surface area (Å²) in [5, 5.41) is 48.9. The van der Waals surface area contributed by atoms with E-state index in [0.717, 1.165) is 0 Å². The highest BCUT2D eigenvalue weighted by molar-refractivity contribution is 5.99. The van der Waals surface area contributed by atoms with Crippen molar-refractivity contribution in [3.8, 4) is 11.5 Å². The number of aliphatic hydroxyl groups is 4. The Morgan fingerprint density at radius 1 is 1.11 bits per heavy atom. The van der Waals surface area contributed by atoms with Crippen molar-refractivity contribution in [3.63, 3.8) is 0 Å². The highest BCUT2D eigenvalue weighted by Crippen LogP contribution is 2.28. The van der Waals surface area contributed by atoms with Gasteiger partial charge in [0.1, 0.15) is 35.9 Å². The molecular formula is C19H21NO8. The van der Waals surface area contributed by atoms with Crippen molar-refractivity contribution >= 4 is 5.78 Å². The van der Waals surface area contributed by atoms with Crippen LogP contribution < -0.4 is 4.74 Å². The number of Topliss-reactive ketones (excluding diaryl/α,β-unsaturated/α-hetero) is 1. The van der Waals surface area contributed by atoms with E-state index in [4.69, 9.17) is 9.47 Å². The standard InChI is InChI=1S/C19H21NO8/c21-9-15-16(24)17(25)18(26)19(28-15)27-11-4-5-12(14(23)8-11)13(22)7-10-3-1-2-6-20-10/h1-6,8,15-19,21,23-26H,7,9H2/t15-,16+,17+,18-,19-/m0/s1. The summed E-state index contributed by atoms with van der Waals surface area (Å²) < 4.78 is 10.7. The van der Waals surface area contributed by atoms with Crippen LogP contribution in [0.25, 0.3) is 0 Å². The van der Waals surface area contributed by atoms with Gasteiger partial charge in [-0.1, -0.05) is 6.07 Å². The second-order valence-electron chi connectivity index (χ2n) is 6.42. The Bertz CT molecular complexity index is 813. The quantitative estimate of drug-likeness (QED) is 0.406. The van der Waals surface area contributed by atoms with Crippen molar-refractivity contribution in [1.29, 1.82) is 0 Å². The number of aliphatic hydroxyl groups excluding tert-OH is 4. The van der Waals surface area contributed by atoms with Gasteiger partial charge in [0.2, 0.25) is 6.29 Å². The number of rotatable bonds is 6. The van der Waals surface area contributed by atoms with Gasteiger partial charge >= 0.3 is 0 Å². The van der Waals surface area contributed by atoms with Crippen LogP contribution >= 0.6 is 0 Å². The minimum absolute atomic E-state index is 0.0152. The van der Waals surface area contributed by atoms with E-state index in [9.17, 15) is 30.3 Å². The number of ether oxygens (including phenoxy) is 2. The van der Waals surface area contributed by atoms with E-state index in [1.165, 1.54) is 18.2 Å². The summed E-state index contributed by atoms with van der Waals surface area (Å²) in [6.45, 7) is -0.586. The predicted molar refractivity (Wildman–Crippen MR) is 94.8 cm³/mol. The van der Waals surface area contributed by atoms with E-state index in [1.54, 1.807) is 24.4 Å². The molecule has 0 saturated carbocycles. The number of carbonyl (C=O) groups is 1. The van der Waals surface area contributed by atoms with Gasteiger partial charge < -0.3 is 35.0 Å². The van der Waals surface area contributed by atoms with Gasteiger partial charge in [-0.25, -0.2) is 0 Å². The monoisotopic (exact) mass is 391 g/mol. The lowest BCUT2D eigenvalue weighted by Gasteiger charge is -2.39. The van der Waals surface area contributed by atoms with Gasteiger partial charge in [0.25, 0.3) is 0 Å². The summed E-state index contributed by atoms with van der Waals surface area (Å²) in [6, 6.07) is 9.12. The van der Waals surface area contributed by atoms with Crippen LogP contribution in [0.15, 0.2) is 42.6 Å². The molecule has 28 heavy (non-hydrogen) atoms. The number of pyridine rings is 1. The van der Waals surface area contributed by atoms with Gasteiger partial charge in [-0.15, -0.1) is 0 Å². The number of benzene rings is 1. The molecule has 0 unspecified atom stereocenters. The van der Waals surface area contributed by atoms with Crippen molar-refractivity contribution in [1.82, 2.24) is 4.98 Å². The summed E-state index contributed by atoms with van der Waals surface area (Å²) in [6.07, 6.45) is -5.57. The molecule has 5 N–H and O–H groups in total. The summed E-state index contributed by atoms with van der Waals surface area (Å²) in [4.78, 5) is 16.4. The zero-order chi connectivity index (χ0) is 20.3. The summed E-state index contributed by atoms with van der Waals surface area (Å²) in [7, 11) is 0. The molecule has 1 saturated heterocycles. The molecular weight excluding hydrogens is 370 g/mol. The maximum atomic E-state index is 12.4. The van der Waals surface area contributed by atoms with Crippen LogP contribution in [0.1, 0.15) is 16.1 Å². The third kappa shape index (κ3) is 4.29. The maximum absolute atomic E-state index is 12.4. The van der Waals surface area contributed by atoms with Gasteiger partial charge in [-0.3, -0.25) is 9.78 Å². The van der Waals surface area contributed by atoms with Gasteiger partial charge in [0.15, 0.2) is 5.78 Å². The molecule has 5 atom stereocenters. The first-order chi connectivity index (χ1) is 13.4. The molecule has 3 rings (SSSR count). The molecule has 0 bridgehead atoms. The van der Waals surface area contributed by atoms with E-state index in [0.29, 0.717) is 5.69 Å². The Labute approximate surface area is 160 Å². The lowest BCUT2D eigenvalue weighted by Crippen LogP contribution is -2.60. The Morgan fingerprint density at radius 2 is 1.89 bits per heavy atom. The van der Waals surface area contributed by atoms with E-state index < -0.39 is 37.3 Å². The number of aromatic hydroxyl groups is 1. The Morgan fingerprint density at radius 3 is 2.54 bits per heavy atom. The molecule has 150 valence electrons. The first-order valence-electron chi connectivity index (χ1n) is 8.64. The third-order valence-corrected chi connectivity index (χ3v) is 4.44. The van der Waals surface area contributed by atoms with Crippen molar-refractivity contribution in [3.05, 3.63) is 53.9 Å². The van der Waals surface area contributed by atoms with Crippen LogP contribution in [0.4, 0.5) is 0 Å². The smallest absolute Gasteiger partial charge is 0.229 e. The van der Waals surface area contributed by atoms with Gasteiger partial charge in [-0.2, -0.15) is 0 Å². The Kier molecular flexibility index (Phi) is 6.22. The number of ketones is 1.